The first-order chi connectivity index (χ1) is 7.74. The fourth-order valence-corrected chi connectivity index (χ4v) is 2.23. The molecule has 0 aromatic heterocycles. The third kappa shape index (κ3) is 4.07. The second kappa shape index (κ2) is 4.75. The van der Waals surface area contributed by atoms with Crippen molar-refractivity contribution in [2.75, 3.05) is 5.75 Å². The lowest BCUT2D eigenvalue weighted by atomic mass is 10.1. The zero-order valence-electron chi connectivity index (χ0n) is 8.53. The number of rotatable bonds is 3. The van der Waals surface area contributed by atoms with Crippen molar-refractivity contribution < 1.29 is 21.6 Å². The van der Waals surface area contributed by atoms with Gasteiger partial charge in [0.2, 0.25) is 0 Å². The van der Waals surface area contributed by atoms with Crippen LogP contribution < -0.4 is 0 Å². The molecule has 1 aromatic rings. The van der Waals surface area contributed by atoms with Gasteiger partial charge in [0.1, 0.15) is 5.75 Å². The van der Waals surface area contributed by atoms with Crippen molar-refractivity contribution in [1.29, 1.82) is 5.26 Å². The summed E-state index contributed by atoms with van der Waals surface area (Å²) in [6.45, 7) is 0. The number of nitrogens with zero attached hydrogens (tertiary/aromatic N) is 1. The van der Waals surface area contributed by atoms with E-state index in [-0.39, 0.29) is 5.56 Å². The highest BCUT2D eigenvalue weighted by atomic mass is 32.2. The first-order valence-electron chi connectivity index (χ1n) is 4.48. The van der Waals surface area contributed by atoms with Crippen LogP contribution in [0.3, 0.4) is 0 Å². The van der Waals surface area contributed by atoms with E-state index in [4.69, 9.17) is 5.26 Å². The first-order valence-corrected chi connectivity index (χ1v) is 6.30. The second-order valence-corrected chi connectivity index (χ2v) is 5.45. The molecule has 92 valence electrons. The van der Waals surface area contributed by atoms with Gasteiger partial charge in [-0.25, -0.2) is 8.42 Å². The SMILES string of the molecule is N#CCS(=O)(=O)Cc1cccc(C(F)(F)F)c1. The Labute approximate surface area is 96.4 Å². The fraction of sp³-hybridized carbons (Fsp3) is 0.300. The topological polar surface area (TPSA) is 57.9 Å². The Hall–Kier alpha value is -1.55. The molecule has 0 aliphatic carbocycles. The van der Waals surface area contributed by atoms with Gasteiger partial charge in [-0.3, -0.25) is 0 Å². The minimum atomic E-state index is -4.50. The van der Waals surface area contributed by atoms with Gasteiger partial charge in [0.15, 0.2) is 9.84 Å². The lowest BCUT2D eigenvalue weighted by molar-refractivity contribution is -0.137. The van der Waals surface area contributed by atoms with Gasteiger partial charge in [-0.05, 0) is 11.6 Å². The maximum atomic E-state index is 12.3. The van der Waals surface area contributed by atoms with E-state index in [1.54, 1.807) is 0 Å². The highest BCUT2D eigenvalue weighted by Gasteiger charge is 2.30. The Kier molecular flexibility index (Phi) is 3.78. The van der Waals surface area contributed by atoms with E-state index in [0.29, 0.717) is 0 Å². The molecule has 0 aliphatic heterocycles. The van der Waals surface area contributed by atoms with Crippen molar-refractivity contribution in [2.45, 2.75) is 11.9 Å². The van der Waals surface area contributed by atoms with Gasteiger partial charge >= 0.3 is 6.18 Å². The molecule has 0 fully saturated rings. The predicted octanol–water partition coefficient (Wildman–Crippen LogP) is 2.14. The van der Waals surface area contributed by atoms with Crippen LogP contribution in [-0.4, -0.2) is 14.2 Å². The van der Waals surface area contributed by atoms with Gasteiger partial charge in [0, 0.05) is 0 Å². The van der Waals surface area contributed by atoms with Gasteiger partial charge < -0.3 is 0 Å². The summed E-state index contributed by atoms with van der Waals surface area (Å²) < 4.78 is 59.6. The van der Waals surface area contributed by atoms with Crippen molar-refractivity contribution in [3.8, 4) is 6.07 Å². The molecule has 0 heterocycles. The van der Waals surface area contributed by atoms with E-state index in [9.17, 15) is 21.6 Å². The summed E-state index contributed by atoms with van der Waals surface area (Å²) in [5, 5.41) is 8.25. The number of halogens is 3. The smallest absolute Gasteiger partial charge is 0.227 e. The number of benzene rings is 1. The Morgan fingerprint density at radius 2 is 1.94 bits per heavy atom. The molecule has 17 heavy (non-hydrogen) atoms. The summed E-state index contributed by atoms with van der Waals surface area (Å²) in [4.78, 5) is 0. The minimum Gasteiger partial charge on any atom is -0.227 e. The normalized spacial score (nSPS) is 12.1. The molecule has 0 saturated carbocycles. The molecule has 1 rings (SSSR count). The molecule has 7 heteroatoms. The monoisotopic (exact) mass is 263 g/mol. The summed E-state index contributed by atoms with van der Waals surface area (Å²) >= 11 is 0. The van der Waals surface area contributed by atoms with E-state index < -0.39 is 33.1 Å². The van der Waals surface area contributed by atoms with Gasteiger partial charge in [-0.15, -0.1) is 0 Å². The van der Waals surface area contributed by atoms with Crippen LogP contribution in [0.25, 0.3) is 0 Å². The van der Waals surface area contributed by atoms with E-state index in [1.807, 2.05) is 0 Å². The number of hydrogen-bond donors (Lipinski definition) is 0. The number of sulfone groups is 1. The molecule has 0 atom stereocenters. The molecule has 0 bridgehead atoms. The molecular formula is C10H8F3NO2S. The highest BCUT2D eigenvalue weighted by Crippen LogP contribution is 2.29. The summed E-state index contributed by atoms with van der Waals surface area (Å²) in [7, 11) is -3.68. The van der Waals surface area contributed by atoms with E-state index in [0.717, 1.165) is 18.2 Å². The van der Waals surface area contributed by atoms with Crippen LogP contribution in [0.15, 0.2) is 24.3 Å². The standard InChI is InChI=1S/C10H8F3NO2S/c11-10(12,13)9-3-1-2-8(6-9)7-17(15,16)5-4-14/h1-3,6H,5,7H2. The van der Waals surface area contributed by atoms with Crippen molar-refractivity contribution in [1.82, 2.24) is 0 Å². The summed E-state index contributed by atoms with van der Waals surface area (Å²) in [5.41, 5.74) is -0.878. The lowest BCUT2D eigenvalue weighted by Gasteiger charge is -2.08. The molecule has 0 N–H and O–H groups in total. The number of alkyl halides is 3. The minimum absolute atomic E-state index is 0.0232. The molecule has 1 aromatic carbocycles. The van der Waals surface area contributed by atoms with Gasteiger partial charge in [-0.1, -0.05) is 18.2 Å². The number of nitriles is 1. The fourth-order valence-electron chi connectivity index (χ4n) is 1.24. The largest absolute Gasteiger partial charge is 0.416 e. The Morgan fingerprint density at radius 1 is 1.29 bits per heavy atom. The molecule has 0 radical (unpaired) electrons. The lowest BCUT2D eigenvalue weighted by Crippen LogP contribution is -2.10. The van der Waals surface area contributed by atoms with Crippen LogP contribution in [-0.2, 0) is 21.8 Å². The molecule has 3 nitrogen and oxygen atoms in total. The van der Waals surface area contributed by atoms with Crippen LogP contribution in [0.2, 0.25) is 0 Å². The molecule has 0 amide bonds. The zero-order chi connectivity index (χ0) is 13.1. The third-order valence-corrected chi connectivity index (χ3v) is 3.27. The third-order valence-electron chi connectivity index (χ3n) is 1.93. The quantitative estimate of drug-likeness (QED) is 0.839. The highest BCUT2D eigenvalue weighted by molar-refractivity contribution is 7.90. The van der Waals surface area contributed by atoms with Crippen molar-refractivity contribution in [2.24, 2.45) is 0 Å². The molecule has 0 spiro atoms. The van der Waals surface area contributed by atoms with Crippen molar-refractivity contribution >= 4 is 9.84 Å². The van der Waals surface area contributed by atoms with Crippen LogP contribution in [0.5, 0.6) is 0 Å². The zero-order valence-corrected chi connectivity index (χ0v) is 9.35. The van der Waals surface area contributed by atoms with Crippen LogP contribution in [0.4, 0.5) is 13.2 Å². The summed E-state index contributed by atoms with van der Waals surface area (Å²) in [5.74, 6) is -1.27. The second-order valence-electron chi connectivity index (χ2n) is 3.39. The maximum Gasteiger partial charge on any atom is 0.416 e. The van der Waals surface area contributed by atoms with E-state index in [2.05, 4.69) is 0 Å². The summed E-state index contributed by atoms with van der Waals surface area (Å²) in [6, 6.07) is 5.52. The Morgan fingerprint density at radius 3 is 2.47 bits per heavy atom. The van der Waals surface area contributed by atoms with E-state index in [1.165, 1.54) is 12.1 Å². The van der Waals surface area contributed by atoms with Gasteiger partial charge in [-0.2, -0.15) is 18.4 Å². The Balaban J connectivity index is 2.99. The summed E-state index contributed by atoms with van der Waals surface area (Å²) in [6.07, 6.45) is -4.50. The number of hydrogen-bond acceptors (Lipinski definition) is 3. The van der Waals surface area contributed by atoms with Gasteiger partial charge in [0.25, 0.3) is 0 Å². The predicted molar refractivity (Wildman–Crippen MR) is 54.5 cm³/mol. The molecule has 0 aliphatic rings. The first kappa shape index (κ1) is 13.5. The maximum absolute atomic E-state index is 12.3. The van der Waals surface area contributed by atoms with Crippen LogP contribution in [0, 0.1) is 11.3 Å². The molecule has 0 saturated heterocycles. The molecule has 0 unspecified atom stereocenters. The van der Waals surface area contributed by atoms with Gasteiger partial charge in [0.05, 0.1) is 17.4 Å². The average Bonchev–Trinajstić information content (AvgIpc) is 2.15. The van der Waals surface area contributed by atoms with Crippen LogP contribution in [0.1, 0.15) is 11.1 Å². The molecular weight excluding hydrogens is 255 g/mol. The van der Waals surface area contributed by atoms with Crippen molar-refractivity contribution in [3.63, 3.8) is 0 Å². The Bertz CT molecular complexity index is 543. The van der Waals surface area contributed by atoms with Crippen LogP contribution >= 0.6 is 0 Å². The van der Waals surface area contributed by atoms with Crippen molar-refractivity contribution in [3.05, 3.63) is 35.4 Å². The average molecular weight is 263 g/mol. The van der Waals surface area contributed by atoms with E-state index >= 15 is 0 Å².